The molecule has 6 heteroatoms. The van der Waals surface area contributed by atoms with Crippen LogP contribution in [0.1, 0.15) is 64.1 Å². The molecule has 0 radical (unpaired) electrons. The van der Waals surface area contributed by atoms with Gasteiger partial charge in [0, 0.05) is 30.1 Å². The number of aromatic nitrogens is 2. The molecule has 0 fully saturated rings. The lowest BCUT2D eigenvalue weighted by Crippen LogP contribution is -2.25. The van der Waals surface area contributed by atoms with E-state index in [1.807, 2.05) is 64.1 Å². The van der Waals surface area contributed by atoms with Crippen LogP contribution in [0.4, 0.5) is 0 Å². The number of hydrogen-bond donors (Lipinski definition) is 1. The second kappa shape index (κ2) is 13.0. The molecule has 1 amide bonds. The first kappa shape index (κ1) is 27.7. The number of rotatable bonds is 12. The number of unbranched alkanes of at least 4 members (excludes halogenated alkanes) is 2. The third-order valence-electron chi connectivity index (χ3n) is 6.93. The van der Waals surface area contributed by atoms with E-state index in [1.165, 1.54) is 11.1 Å². The van der Waals surface area contributed by atoms with E-state index in [-0.39, 0.29) is 5.91 Å². The molecule has 3 aromatic carbocycles. The van der Waals surface area contributed by atoms with Crippen molar-refractivity contribution in [3.05, 3.63) is 93.3 Å². The summed E-state index contributed by atoms with van der Waals surface area (Å²) in [5.41, 5.74) is 7.22. The van der Waals surface area contributed by atoms with Crippen LogP contribution in [0, 0.1) is 27.7 Å². The summed E-state index contributed by atoms with van der Waals surface area (Å²) in [4.78, 5) is 17.4. The molecule has 0 aliphatic carbocycles. The van der Waals surface area contributed by atoms with Crippen LogP contribution in [0.5, 0.6) is 5.75 Å². The Hall–Kier alpha value is -3.31. The van der Waals surface area contributed by atoms with E-state index >= 15 is 0 Å². The predicted molar refractivity (Wildman–Crippen MR) is 157 cm³/mol. The summed E-state index contributed by atoms with van der Waals surface area (Å²) in [6.45, 7) is 10.2. The fourth-order valence-electron chi connectivity index (χ4n) is 4.92. The number of carbonyl (C=O) groups is 1. The monoisotopic (exact) mass is 531 g/mol. The Labute approximate surface area is 231 Å². The van der Waals surface area contributed by atoms with Gasteiger partial charge >= 0.3 is 0 Å². The van der Waals surface area contributed by atoms with Crippen molar-refractivity contribution in [2.24, 2.45) is 0 Å². The van der Waals surface area contributed by atoms with Gasteiger partial charge in [0.2, 0.25) is 0 Å². The van der Waals surface area contributed by atoms with Crippen LogP contribution in [-0.4, -0.2) is 28.6 Å². The number of ether oxygens (including phenoxy) is 1. The molecule has 0 unspecified atom stereocenters. The molecule has 1 aromatic heterocycles. The summed E-state index contributed by atoms with van der Waals surface area (Å²) >= 11 is 6.29. The fraction of sp³-hybridized carbons (Fsp3) is 0.375. The van der Waals surface area contributed by atoms with Gasteiger partial charge in [-0.2, -0.15) is 0 Å². The minimum absolute atomic E-state index is 0.00966. The number of carbonyl (C=O) groups excluding carboxylic acids is 1. The van der Waals surface area contributed by atoms with E-state index < -0.39 is 0 Å². The smallest absolute Gasteiger partial charge is 0.251 e. The van der Waals surface area contributed by atoms with Gasteiger partial charge in [-0.15, -0.1) is 0 Å². The normalized spacial score (nSPS) is 11.2. The maximum absolute atomic E-state index is 12.5. The highest BCUT2D eigenvalue weighted by molar-refractivity contribution is 6.32. The van der Waals surface area contributed by atoms with Crippen LogP contribution >= 0.6 is 11.6 Å². The molecule has 4 rings (SSSR count). The third-order valence-corrected chi connectivity index (χ3v) is 7.52. The quantitative estimate of drug-likeness (QED) is 0.192. The van der Waals surface area contributed by atoms with Gasteiger partial charge in [-0.25, -0.2) is 4.98 Å². The third kappa shape index (κ3) is 6.96. The Morgan fingerprint density at radius 1 is 0.921 bits per heavy atom. The molecule has 200 valence electrons. The zero-order valence-electron chi connectivity index (χ0n) is 22.9. The number of para-hydroxylation sites is 2. The average molecular weight is 532 g/mol. The average Bonchev–Trinajstić information content (AvgIpc) is 3.24. The number of aryl methyl sites for hydroxylation is 6. The minimum Gasteiger partial charge on any atom is -0.494 e. The van der Waals surface area contributed by atoms with Gasteiger partial charge in [-0.3, -0.25) is 4.79 Å². The molecule has 0 saturated heterocycles. The SMILES string of the molecule is Cc1ccc(C(=O)NCCCCCc2nc3ccccc3n2CCCOc2cc(C)c(Cl)c(C)c2)c(C)c1. The highest BCUT2D eigenvalue weighted by Gasteiger charge is 2.11. The fourth-order valence-corrected chi connectivity index (χ4v) is 5.03. The molecule has 38 heavy (non-hydrogen) atoms. The topological polar surface area (TPSA) is 56.2 Å². The van der Waals surface area contributed by atoms with Crippen molar-refractivity contribution >= 4 is 28.5 Å². The summed E-state index contributed by atoms with van der Waals surface area (Å²) in [7, 11) is 0. The van der Waals surface area contributed by atoms with Crippen LogP contribution in [0.3, 0.4) is 0 Å². The van der Waals surface area contributed by atoms with Crippen molar-refractivity contribution in [1.29, 1.82) is 0 Å². The lowest BCUT2D eigenvalue weighted by atomic mass is 10.1. The van der Waals surface area contributed by atoms with Crippen LogP contribution in [0.15, 0.2) is 54.6 Å². The van der Waals surface area contributed by atoms with E-state index in [2.05, 4.69) is 28.1 Å². The number of benzene rings is 3. The van der Waals surface area contributed by atoms with Crippen LogP contribution in [0.2, 0.25) is 5.02 Å². The maximum Gasteiger partial charge on any atom is 0.251 e. The van der Waals surface area contributed by atoms with Gasteiger partial charge in [-0.05, 0) is 94.0 Å². The van der Waals surface area contributed by atoms with Gasteiger partial charge in [0.15, 0.2) is 0 Å². The van der Waals surface area contributed by atoms with Crippen LogP contribution < -0.4 is 10.1 Å². The van der Waals surface area contributed by atoms with Crippen LogP contribution in [-0.2, 0) is 13.0 Å². The Kier molecular flexibility index (Phi) is 9.46. The first-order chi connectivity index (χ1) is 18.3. The molecule has 5 nitrogen and oxygen atoms in total. The molecule has 1 heterocycles. The standard InChI is InChI=1S/C32H38ClN3O2/c1-22-14-15-27(23(2)19-22)32(37)34-16-9-5-6-13-30-35-28-11-7-8-12-29(28)36(30)17-10-18-38-26-20-24(3)31(33)25(4)21-26/h7-8,11-12,14-15,19-21H,5-6,9-10,13,16-18H2,1-4H3,(H,34,37). The van der Waals surface area contributed by atoms with Crippen molar-refractivity contribution in [2.45, 2.75) is 66.3 Å². The Balaban J connectivity index is 1.26. The molecular formula is C32H38ClN3O2. The zero-order chi connectivity index (χ0) is 27.1. The number of imidazole rings is 1. The van der Waals surface area contributed by atoms with Crippen molar-refractivity contribution in [3.8, 4) is 5.75 Å². The molecular weight excluding hydrogens is 494 g/mol. The van der Waals surface area contributed by atoms with Crippen molar-refractivity contribution in [3.63, 3.8) is 0 Å². The zero-order valence-corrected chi connectivity index (χ0v) is 23.7. The Morgan fingerprint density at radius 3 is 2.45 bits per heavy atom. The summed E-state index contributed by atoms with van der Waals surface area (Å²) in [6, 6.07) is 18.3. The highest BCUT2D eigenvalue weighted by Crippen LogP contribution is 2.26. The summed E-state index contributed by atoms with van der Waals surface area (Å²) < 4.78 is 8.37. The van der Waals surface area contributed by atoms with E-state index in [1.54, 1.807) is 0 Å². The second-order valence-electron chi connectivity index (χ2n) is 10.1. The Morgan fingerprint density at radius 2 is 1.68 bits per heavy atom. The van der Waals surface area contributed by atoms with Gasteiger partial charge in [0.1, 0.15) is 11.6 Å². The van der Waals surface area contributed by atoms with Gasteiger partial charge in [0.25, 0.3) is 5.91 Å². The minimum atomic E-state index is 0.00966. The van der Waals surface area contributed by atoms with Gasteiger partial charge in [0.05, 0.1) is 17.6 Å². The predicted octanol–water partition coefficient (Wildman–Crippen LogP) is 7.54. The largest absolute Gasteiger partial charge is 0.494 e. The molecule has 0 spiro atoms. The number of fused-ring (bicyclic) bond motifs is 1. The van der Waals surface area contributed by atoms with Gasteiger partial charge < -0.3 is 14.6 Å². The highest BCUT2D eigenvalue weighted by atomic mass is 35.5. The number of amides is 1. The van der Waals surface area contributed by atoms with E-state index in [9.17, 15) is 4.79 Å². The number of nitrogens with zero attached hydrogens (tertiary/aromatic N) is 2. The van der Waals surface area contributed by atoms with Crippen LogP contribution in [0.25, 0.3) is 11.0 Å². The van der Waals surface area contributed by atoms with Crippen molar-refractivity contribution < 1.29 is 9.53 Å². The number of halogens is 1. The van der Waals surface area contributed by atoms with Crippen molar-refractivity contribution in [2.75, 3.05) is 13.2 Å². The summed E-state index contributed by atoms with van der Waals surface area (Å²) in [5, 5.41) is 3.87. The molecule has 0 atom stereocenters. The lowest BCUT2D eigenvalue weighted by Gasteiger charge is -2.12. The molecule has 1 N–H and O–H groups in total. The molecule has 0 aliphatic heterocycles. The first-order valence-electron chi connectivity index (χ1n) is 13.5. The molecule has 0 aliphatic rings. The molecule has 4 aromatic rings. The molecule has 0 saturated carbocycles. The number of hydrogen-bond acceptors (Lipinski definition) is 3. The second-order valence-corrected chi connectivity index (χ2v) is 10.5. The lowest BCUT2D eigenvalue weighted by molar-refractivity contribution is 0.0952. The summed E-state index contributed by atoms with van der Waals surface area (Å²) in [5.74, 6) is 1.99. The molecule has 0 bridgehead atoms. The first-order valence-corrected chi connectivity index (χ1v) is 13.9. The van der Waals surface area contributed by atoms with E-state index in [4.69, 9.17) is 21.3 Å². The van der Waals surface area contributed by atoms with E-state index in [0.717, 1.165) is 83.0 Å². The Bertz CT molecular complexity index is 1390. The van der Waals surface area contributed by atoms with Crippen molar-refractivity contribution in [1.82, 2.24) is 14.9 Å². The van der Waals surface area contributed by atoms with Gasteiger partial charge in [-0.1, -0.05) is 47.9 Å². The number of nitrogens with one attached hydrogen (secondary N) is 1. The summed E-state index contributed by atoms with van der Waals surface area (Å²) in [6.07, 6.45) is 4.82. The maximum atomic E-state index is 12.5. The van der Waals surface area contributed by atoms with E-state index in [0.29, 0.717) is 13.2 Å².